The number of benzene rings is 2. The first-order valence-electron chi connectivity index (χ1n) is 15.0. The van der Waals surface area contributed by atoms with Gasteiger partial charge in [0.05, 0.1) is 11.1 Å². The number of halogens is 9. The number of hydrogen-bond acceptors (Lipinski definition) is 7. The first-order valence-corrected chi connectivity index (χ1v) is 15.0. The van der Waals surface area contributed by atoms with Gasteiger partial charge in [0.2, 0.25) is 5.89 Å². The Morgan fingerprint density at radius 2 is 1.50 bits per heavy atom. The molecule has 1 saturated carbocycles. The summed E-state index contributed by atoms with van der Waals surface area (Å²) in [5.41, 5.74) is -2.83. The van der Waals surface area contributed by atoms with E-state index in [2.05, 4.69) is 14.9 Å². The summed E-state index contributed by atoms with van der Waals surface area (Å²) in [7, 11) is 0. The number of carboxylic acids is 1. The fourth-order valence-electron chi connectivity index (χ4n) is 5.92. The van der Waals surface area contributed by atoms with Gasteiger partial charge in [-0.15, -0.1) is 13.2 Å². The van der Waals surface area contributed by atoms with Crippen molar-refractivity contribution in [3.63, 3.8) is 0 Å². The molecule has 8 nitrogen and oxygen atoms in total. The molecule has 1 fully saturated rings. The number of carboxylic acid groups (broad SMARTS) is 1. The van der Waals surface area contributed by atoms with Gasteiger partial charge < -0.3 is 24.2 Å². The lowest BCUT2D eigenvalue weighted by Crippen LogP contribution is -2.33. The van der Waals surface area contributed by atoms with Crippen LogP contribution in [0.25, 0.3) is 0 Å². The van der Waals surface area contributed by atoms with Crippen LogP contribution < -0.4 is 14.5 Å². The maximum Gasteiger partial charge on any atom is 0.573 e. The van der Waals surface area contributed by atoms with Crippen molar-refractivity contribution < 1.29 is 58.7 Å². The molecule has 264 valence electrons. The summed E-state index contributed by atoms with van der Waals surface area (Å²) in [6.07, 6.45) is -12.3. The van der Waals surface area contributed by atoms with Gasteiger partial charge in [0.1, 0.15) is 5.75 Å². The number of anilines is 2. The largest absolute Gasteiger partial charge is 0.573 e. The van der Waals surface area contributed by atoms with Gasteiger partial charge in [0.25, 0.3) is 5.95 Å². The number of carbonyl (C=O) groups is 1. The van der Waals surface area contributed by atoms with Crippen LogP contribution in [-0.4, -0.2) is 40.7 Å². The van der Waals surface area contributed by atoms with Crippen LogP contribution >= 0.6 is 0 Å². The molecule has 3 aromatic rings. The summed E-state index contributed by atoms with van der Waals surface area (Å²) in [4.78, 5) is 18.3. The van der Waals surface area contributed by atoms with Crippen LogP contribution in [0.3, 0.4) is 0 Å². The second-order valence-corrected chi connectivity index (χ2v) is 11.7. The molecule has 0 bridgehead atoms. The standard InChI is InChI=1S/C31H33F9N4O4/c1-3-43(15-20-6-4-19(5-7-20)12-27(45)46)26-9-8-25(47-31(38,39)40)13-22(26)17-44(28-41-18(2)48-42-28)16-21-10-23(29(32,33)34)14-24(11-21)30(35,36)37/h8-11,13-14,19-20H,3-7,12,15-17H2,1-2H3,(H,45,46)/t19-,20-. The number of hydrogen-bond donors (Lipinski definition) is 1. The van der Waals surface area contributed by atoms with Crippen molar-refractivity contribution in [2.24, 2.45) is 11.8 Å². The molecule has 17 heteroatoms. The van der Waals surface area contributed by atoms with Gasteiger partial charge in [0, 0.05) is 45.2 Å². The summed E-state index contributed by atoms with van der Waals surface area (Å²) in [5.74, 6) is -1.47. The number of ether oxygens (including phenoxy) is 1. The first kappa shape index (κ1) is 36.7. The van der Waals surface area contributed by atoms with Crippen LogP contribution in [0.2, 0.25) is 0 Å². The fraction of sp³-hybridized carbons (Fsp3) is 0.516. The van der Waals surface area contributed by atoms with Gasteiger partial charge in [-0.25, -0.2) is 0 Å². The molecule has 48 heavy (non-hydrogen) atoms. The molecule has 0 spiro atoms. The van der Waals surface area contributed by atoms with Crippen LogP contribution in [0.15, 0.2) is 40.9 Å². The normalized spacial score (nSPS) is 17.3. The van der Waals surface area contributed by atoms with Crippen molar-refractivity contribution in [1.82, 2.24) is 10.1 Å². The number of aryl methyl sites for hydroxylation is 1. The van der Waals surface area contributed by atoms with Crippen molar-refractivity contribution in [3.05, 3.63) is 64.5 Å². The van der Waals surface area contributed by atoms with Crippen LogP contribution in [0.4, 0.5) is 51.1 Å². The van der Waals surface area contributed by atoms with Crippen molar-refractivity contribution >= 4 is 17.6 Å². The smallest absolute Gasteiger partial charge is 0.481 e. The highest BCUT2D eigenvalue weighted by molar-refractivity contribution is 5.67. The van der Waals surface area contributed by atoms with Gasteiger partial charge in [0.15, 0.2) is 0 Å². The lowest BCUT2D eigenvalue weighted by atomic mass is 9.80. The molecule has 0 atom stereocenters. The molecular weight excluding hydrogens is 663 g/mol. The van der Waals surface area contributed by atoms with E-state index in [-0.39, 0.29) is 48.3 Å². The monoisotopic (exact) mass is 696 g/mol. The van der Waals surface area contributed by atoms with Crippen molar-refractivity contribution in [3.8, 4) is 5.75 Å². The molecule has 1 N–H and O–H groups in total. The third-order valence-corrected chi connectivity index (χ3v) is 8.10. The van der Waals surface area contributed by atoms with E-state index in [0.717, 1.165) is 25.0 Å². The Hall–Kier alpha value is -4.18. The lowest BCUT2D eigenvalue weighted by molar-refractivity contribution is -0.274. The Kier molecular flexibility index (Phi) is 11.1. The third kappa shape index (κ3) is 10.2. The molecule has 0 unspecified atom stereocenters. The molecule has 1 aliphatic rings. The Labute approximate surface area is 269 Å². The van der Waals surface area contributed by atoms with E-state index in [9.17, 15) is 44.3 Å². The third-order valence-electron chi connectivity index (χ3n) is 8.10. The molecule has 0 amide bonds. The first-order chi connectivity index (χ1) is 22.3. The van der Waals surface area contributed by atoms with Crippen LogP contribution in [-0.2, 0) is 30.2 Å². The zero-order chi connectivity index (χ0) is 35.4. The Morgan fingerprint density at radius 3 is 2.00 bits per heavy atom. The van der Waals surface area contributed by atoms with Gasteiger partial charge in [-0.2, -0.15) is 31.3 Å². The Bertz CT molecular complexity index is 1520. The zero-order valence-corrected chi connectivity index (χ0v) is 25.8. The molecule has 0 radical (unpaired) electrons. The van der Waals surface area contributed by atoms with Gasteiger partial charge >= 0.3 is 24.7 Å². The SMILES string of the molecule is CCN(C[C@H]1CC[C@H](CC(=O)O)CC1)c1ccc(OC(F)(F)F)cc1CN(Cc1cc(C(F)(F)F)cc(C(F)(F)F)c1)c1noc(C)n1. The second kappa shape index (κ2) is 14.5. The fourth-order valence-corrected chi connectivity index (χ4v) is 5.92. The van der Waals surface area contributed by atoms with Gasteiger partial charge in [-0.05, 0) is 97.1 Å². The van der Waals surface area contributed by atoms with Crippen molar-refractivity contribution in [2.75, 3.05) is 22.9 Å². The van der Waals surface area contributed by atoms with Gasteiger partial charge in [-0.1, -0.05) is 0 Å². The minimum atomic E-state index is -5.10. The van der Waals surface area contributed by atoms with E-state index < -0.39 is 53.7 Å². The number of alkyl halides is 9. The van der Waals surface area contributed by atoms with Crippen LogP contribution in [0.5, 0.6) is 5.75 Å². The average molecular weight is 697 g/mol. The Morgan fingerprint density at radius 1 is 0.896 bits per heavy atom. The highest BCUT2D eigenvalue weighted by Gasteiger charge is 2.37. The minimum Gasteiger partial charge on any atom is -0.481 e. The second-order valence-electron chi connectivity index (χ2n) is 11.7. The maximum absolute atomic E-state index is 13.6. The predicted molar refractivity (Wildman–Crippen MR) is 154 cm³/mol. The maximum atomic E-state index is 13.6. The molecule has 4 rings (SSSR count). The average Bonchev–Trinajstić information content (AvgIpc) is 3.41. The summed E-state index contributed by atoms with van der Waals surface area (Å²) in [6, 6.07) is 4.72. The van der Waals surface area contributed by atoms with E-state index in [1.807, 2.05) is 11.8 Å². The topological polar surface area (TPSA) is 91.9 Å². The number of aromatic nitrogens is 2. The molecule has 0 aliphatic heterocycles. The van der Waals surface area contributed by atoms with Crippen molar-refractivity contribution in [2.45, 2.75) is 77.8 Å². The molecule has 1 aromatic heterocycles. The molecule has 2 aromatic carbocycles. The Balaban J connectivity index is 1.72. The van der Waals surface area contributed by atoms with Crippen LogP contribution in [0.1, 0.15) is 67.2 Å². The number of rotatable bonds is 12. The summed E-state index contributed by atoms with van der Waals surface area (Å²) < 4.78 is 130. The number of aliphatic carboxylic acids is 1. The molecule has 1 aliphatic carbocycles. The quantitative estimate of drug-likeness (QED) is 0.188. The van der Waals surface area contributed by atoms with E-state index >= 15 is 0 Å². The molecular formula is C31H33F9N4O4. The lowest BCUT2D eigenvalue weighted by Gasteiger charge is -2.34. The van der Waals surface area contributed by atoms with Crippen LogP contribution in [0, 0.1) is 18.8 Å². The number of nitrogens with zero attached hydrogens (tertiary/aromatic N) is 4. The van der Waals surface area contributed by atoms with E-state index in [4.69, 9.17) is 9.63 Å². The molecule has 0 saturated heterocycles. The summed E-state index contributed by atoms with van der Waals surface area (Å²) in [5, 5.41) is 12.9. The zero-order valence-electron chi connectivity index (χ0n) is 25.8. The molecule has 1 heterocycles. The minimum absolute atomic E-state index is 0.00332. The van der Waals surface area contributed by atoms with E-state index in [0.29, 0.717) is 43.8 Å². The van der Waals surface area contributed by atoms with E-state index in [1.54, 1.807) is 0 Å². The van der Waals surface area contributed by atoms with Gasteiger partial charge in [-0.3, -0.25) is 4.79 Å². The summed E-state index contributed by atoms with van der Waals surface area (Å²) >= 11 is 0. The van der Waals surface area contributed by atoms with Crippen molar-refractivity contribution in [1.29, 1.82) is 0 Å². The highest BCUT2D eigenvalue weighted by Crippen LogP contribution is 2.38. The summed E-state index contributed by atoms with van der Waals surface area (Å²) in [6.45, 7) is 3.13. The predicted octanol–water partition coefficient (Wildman–Crippen LogP) is 8.63. The highest BCUT2D eigenvalue weighted by atomic mass is 19.4. The van der Waals surface area contributed by atoms with E-state index in [1.165, 1.54) is 17.9 Å².